The summed E-state index contributed by atoms with van der Waals surface area (Å²) >= 11 is 0. The average Bonchev–Trinajstić information content (AvgIpc) is 2.49. The van der Waals surface area contributed by atoms with E-state index < -0.39 is 0 Å². The Morgan fingerprint density at radius 3 is 2.62 bits per heavy atom. The van der Waals surface area contributed by atoms with E-state index in [1.54, 1.807) is 13.1 Å². The van der Waals surface area contributed by atoms with Crippen molar-refractivity contribution < 1.29 is 10.2 Å². The standard InChI is InChI=1S/C17H22N2O2/c1-12(8-14-6-4-3-5-7-14)18-9-15-10-19-13(2)17(21)16(15)11-20/h3-7,10,12,18,20-21H,8-9,11H2,1-2H3. The molecule has 2 aromatic rings. The zero-order valence-electron chi connectivity index (χ0n) is 12.5. The molecule has 0 aliphatic heterocycles. The monoisotopic (exact) mass is 286 g/mol. The van der Waals surface area contributed by atoms with Gasteiger partial charge in [0.05, 0.1) is 12.3 Å². The molecule has 0 amide bonds. The van der Waals surface area contributed by atoms with Crippen LogP contribution in [0, 0.1) is 6.92 Å². The zero-order chi connectivity index (χ0) is 15.2. The van der Waals surface area contributed by atoms with Gasteiger partial charge in [-0.3, -0.25) is 4.98 Å². The molecule has 3 N–H and O–H groups in total. The van der Waals surface area contributed by atoms with Crippen molar-refractivity contribution in [2.24, 2.45) is 0 Å². The summed E-state index contributed by atoms with van der Waals surface area (Å²) in [5, 5.41) is 22.7. The maximum Gasteiger partial charge on any atom is 0.142 e. The van der Waals surface area contributed by atoms with Crippen molar-refractivity contribution in [3.8, 4) is 5.75 Å². The van der Waals surface area contributed by atoms with Gasteiger partial charge in [0.1, 0.15) is 5.75 Å². The number of aromatic hydroxyl groups is 1. The molecule has 1 unspecified atom stereocenters. The molecule has 21 heavy (non-hydrogen) atoms. The van der Waals surface area contributed by atoms with Crippen LogP contribution in [0.5, 0.6) is 5.75 Å². The van der Waals surface area contributed by atoms with Crippen LogP contribution in [-0.4, -0.2) is 21.2 Å². The van der Waals surface area contributed by atoms with Gasteiger partial charge in [0.2, 0.25) is 0 Å². The van der Waals surface area contributed by atoms with E-state index in [1.165, 1.54) is 5.56 Å². The predicted octanol–water partition coefficient (Wildman–Crippen LogP) is 2.31. The van der Waals surface area contributed by atoms with Gasteiger partial charge < -0.3 is 15.5 Å². The molecule has 112 valence electrons. The van der Waals surface area contributed by atoms with Gasteiger partial charge in [-0.1, -0.05) is 30.3 Å². The highest BCUT2D eigenvalue weighted by Gasteiger charge is 2.11. The normalized spacial score (nSPS) is 12.3. The van der Waals surface area contributed by atoms with Crippen LogP contribution in [-0.2, 0) is 19.6 Å². The Morgan fingerprint density at radius 1 is 1.24 bits per heavy atom. The third-order valence-corrected chi connectivity index (χ3v) is 3.61. The van der Waals surface area contributed by atoms with Crippen molar-refractivity contribution in [1.29, 1.82) is 0 Å². The smallest absolute Gasteiger partial charge is 0.142 e. The third kappa shape index (κ3) is 4.03. The van der Waals surface area contributed by atoms with Gasteiger partial charge in [-0.25, -0.2) is 0 Å². The Labute approximate surface area is 125 Å². The first-order valence-electron chi connectivity index (χ1n) is 7.16. The molecule has 1 atom stereocenters. The second-order valence-electron chi connectivity index (χ2n) is 5.33. The van der Waals surface area contributed by atoms with Gasteiger partial charge in [0.25, 0.3) is 0 Å². The Balaban J connectivity index is 1.98. The molecule has 0 spiro atoms. The van der Waals surface area contributed by atoms with Crippen LogP contribution in [0.4, 0.5) is 0 Å². The summed E-state index contributed by atoms with van der Waals surface area (Å²) in [5.74, 6) is 0.0903. The minimum absolute atomic E-state index is 0.0903. The van der Waals surface area contributed by atoms with Crippen molar-refractivity contribution in [3.63, 3.8) is 0 Å². The van der Waals surface area contributed by atoms with E-state index in [9.17, 15) is 10.2 Å². The molecule has 1 heterocycles. The van der Waals surface area contributed by atoms with Crippen molar-refractivity contribution in [1.82, 2.24) is 10.3 Å². The second kappa shape index (κ2) is 7.20. The zero-order valence-corrected chi connectivity index (χ0v) is 12.5. The van der Waals surface area contributed by atoms with Crippen molar-refractivity contribution in [2.45, 2.75) is 39.5 Å². The van der Waals surface area contributed by atoms with E-state index in [0.717, 1.165) is 12.0 Å². The lowest BCUT2D eigenvalue weighted by Crippen LogP contribution is -2.28. The van der Waals surface area contributed by atoms with Gasteiger partial charge >= 0.3 is 0 Å². The lowest BCUT2D eigenvalue weighted by Gasteiger charge is -2.16. The van der Waals surface area contributed by atoms with Crippen molar-refractivity contribution in [3.05, 3.63) is 58.9 Å². The van der Waals surface area contributed by atoms with Crippen LogP contribution in [0.1, 0.15) is 29.3 Å². The number of benzene rings is 1. The highest BCUT2D eigenvalue weighted by atomic mass is 16.3. The van der Waals surface area contributed by atoms with E-state index >= 15 is 0 Å². The molecule has 0 radical (unpaired) electrons. The van der Waals surface area contributed by atoms with Gasteiger partial charge in [0, 0.05) is 24.3 Å². The summed E-state index contributed by atoms with van der Waals surface area (Å²) in [6.45, 7) is 4.24. The van der Waals surface area contributed by atoms with Gasteiger partial charge in [-0.15, -0.1) is 0 Å². The minimum Gasteiger partial charge on any atom is -0.506 e. The first-order chi connectivity index (χ1) is 10.1. The van der Waals surface area contributed by atoms with Crippen LogP contribution in [0.25, 0.3) is 0 Å². The van der Waals surface area contributed by atoms with Crippen LogP contribution in [0.3, 0.4) is 0 Å². The summed E-state index contributed by atoms with van der Waals surface area (Å²) in [6, 6.07) is 10.6. The number of nitrogens with zero attached hydrogens (tertiary/aromatic N) is 1. The fourth-order valence-corrected chi connectivity index (χ4v) is 2.34. The summed E-state index contributed by atoms with van der Waals surface area (Å²) < 4.78 is 0. The maximum absolute atomic E-state index is 9.93. The molecular formula is C17H22N2O2. The fraction of sp³-hybridized carbons (Fsp3) is 0.353. The summed E-state index contributed by atoms with van der Waals surface area (Å²) in [5.41, 5.74) is 3.22. The summed E-state index contributed by atoms with van der Waals surface area (Å²) in [7, 11) is 0. The Bertz CT molecular complexity index is 585. The molecule has 0 fully saturated rings. The van der Waals surface area contributed by atoms with Gasteiger partial charge in [-0.05, 0) is 31.4 Å². The number of hydrogen-bond acceptors (Lipinski definition) is 4. The SMILES string of the molecule is Cc1ncc(CNC(C)Cc2ccccc2)c(CO)c1O. The Morgan fingerprint density at radius 2 is 1.95 bits per heavy atom. The molecule has 0 bridgehead atoms. The average molecular weight is 286 g/mol. The number of rotatable bonds is 6. The molecule has 4 heteroatoms. The summed E-state index contributed by atoms with van der Waals surface area (Å²) in [4.78, 5) is 4.15. The molecule has 0 saturated carbocycles. The topological polar surface area (TPSA) is 65.4 Å². The van der Waals surface area contributed by atoms with Crippen molar-refractivity contribution >= 4 is 0 Å². The van der Waals surface area contributed by atoms with Crippen LogP contribution in [0.2, 0.25) is 0 Å². The quantitative estimate of drug-likeness (QED) is 0.762. The first-order valence-corrected chi connectivity index (χ1v) is 7.16. The fourth-order valence-electron chi connectivity index (χ4n) is 2.34. The van der Waals surface area contributed by atoms with Gasteiger partial charge in [0.15, 0.2) is 0 Å². The Hall–Kier alpha value is -1.91. The molecule has 0 saturated heterocycles. The maximum atomic E-state index is 9.93. The number of aliphatic hydroxyl groups is 1. The Kier molecular flexibility index (Phi) is 5.31. The first kappa shape index (κ1) is 15.5. The lowest BCUT2D eigenvalue weighted by molar-refractivity contribution is 0.273. The van der Waals surface area contributed by atoms with Crippen LogP contribution >= 0.6 is 0 Å². The molecule has 0 aliphatic rings. The number of aliphatic hydroxyl groups excluding tert-OH is 1. The predicted molar refractivity (Wildman–Crippen MR) is 83.0 cm³/mol. The van der Waals surface area contributed by atoms with E-state index in [4.69, 9.17) is 0 Å². The number of pyridine rings is 1. The number of aromatic nitrogens is 1. The second-order valence-corrected chi connectivity index (χ2v) is 5.33. The molecule has 4 nitrogen and oxygen atoms in total. The number of hydrogen-bond donors (Lipinski definition) is 3. The van der Waals surface area contributed by atoms with E-state index in [-0.39, 0.29) is 12.4 Å². The molecule has 0 aliphatic carbocycles. The largest absolute Gasteiger partial charge is 0.506 e. The van der Waals surface area contributed by atoms with Crippen molar-refractivity contribution in [2.75, 3.05) is 0 Å². The molecule has 1 aromatic heterocycles. The third-order valence-electron chi connectivity index (χ3n) is 3.61. The molecule has 2 rings (SSSR count). The number of aryl methyl sites for hydroxylation is 1. The summed E-state index contributed by atoms with van der Waals surface area (Å²) in [6.07, 6.45) is 2.64. The molecule has 1 aromatic carbocycles. The highest BCUT2D eigenvalue weighted by Crippen LogP contribution is 2.23. The minimum atomic E-state index is -0.181. The van der Waals surface area contributed by atoms with E-state index in [0.29, 0.717) is 23.8 Å². The molecular weight excluding hydrogens is 264 g/mol. The number of nitrogens with one attached hydrogen (secondary N) is 1. The van der Waals surface area contributed by atoms with Gasteiger partial charge in [-0.2, -0.15) is 0 Å². The van der Waals surface area contributed by atoms with E-state index in [1.807, 2.05) is 18.2 Å². The van der Waals surface area contributed by atoms with E-state index in [2.05, 4.69) is 29.4 Å². The van der Waals surface area contributed by atoms with Crippen LogP contribution < -0.4 is 5.32 Å². The lowest BCUT2D eigenvalue weighted by atomic mass is 10.1. The highest BCUT2D eigenvalue weighted by molar-refractivity contribution is 5.40. The van der Waals surface area contributed by atoms with Crippen LogP contribution in [0.15, 0.2) is 36.5 Å².